The summed E-state index contributed by atoms with van der Waals surface area (Å²) < 4.78 is 2.22. The van der Waals surface area contributed by atoms with Gasteiger partial charge in [-0.15, -0.1) is 8.58 Å². The summed E-state index contributed by atoms with van der Waals surface area (Å²) in [5.41, 5.74) is 0. The first-order chi connectivity index (χ1) is 4.86. The number of hydrogen-bond acceptors (Lipinski definition) is 3. The summed E-state index contributed by atoms with van der Waals surface area (Å²) in [5.74, 6) is 0. The summed E-state index contributed by atoms with van der Waals surface area (Å²) in [6, 6.07) is 0. The fourth-order valence-corrected chi connectivity index (χ4v) is 1.92. The first-order valence-corrected chi connectivity index (χ1v) is 6.13. The molecule has 0 spiro atoms. The van der Waals surface area contributed by atoms with Crippen LogP contribution in [0.15, 0.2) is 12.4 Å². The molecule has 0 aromatic rings. The van der Waals surface area contributed by atoms with Crippen molar-refractivity contribution in [3.8, 4) is 0 Å². The Morgan fingerprint density at radius 3 is 2.90 bits per heavy atom. The predicted molar refractivity (Wildman–Crippen MR) is 50.3 cm³/mol. The molecule has 0 fully saturated rings. The van der Waals surface area contributed by atoms with Crippen LogP contribution in [-0.4, -0.2) is 35.1 Å². The van der Waals surface area contributed by atoms with Crippen LogP contribution in [-0.2, 0) is 0 Å². The first-order valence-electron chi connectivity index (χ1n) is 3.24. The van der Waals surface area contributed by atoms with E-state index in [4.69, 9.17) is 0 Å². The molecule has 1 heterocycles. The molecule has 58 valence electrons. The third-order valence-corrected chi connectivity index (χ3v) is 2.79. The van der Waals surface area contributed by atoms with Crippen LogP contribution in [0, 0.1) is 0 Å². The molecular weight excluding hydrogens is 163 g/mol. The monoisotopic (exact) mass is 176 g/mol. The summed E-state index contributed by atoms with van der Waals surface area (Å²) in [7, 11) is 1.02. The van der Waals surface area contributed by atoms with Crippen molar-refractivity contribution >= 4 is 20.5 Å². The number of rotatable bonds is 3. The summed E-state index contributed by atoms with van der Waals surface area (Å²) in [4.78, 5) is 2.33. The van der Waals surface area contributed by atoms with Gasteiger partial charge in [-0.2, -0.15) is 0 Å². The van der Waals surface area contributed by atoms with Crippen LogP contribution >= 0.6 is 20.5 Å². The van der Waals surface area contributed by atoms with Crippen LogP contribution in [0.1, 0.15) is 0 Å². The van der Waals surface area contributed by atoms with Gasteiger partial charge < -0.3 is 9.21 Å². The minimum absolute atomic E-state index is 1.02. The Morgan fingerprint density at radius 2 is 2.40 bits per heavy atom. The van der Waals surface area contributed by atoms with Crippen molar-refractivity contribution in [2.75, 3.05) is 25.9 Å². The smallest absolute Gasteiger partial charge is 0.100 e. The third kappa shape index (κ3) is 2.06. The van der Waals surface area contributed by atoms with Gasteiger partial charge in [0.2, 0.25) is 0 Å². The zero-order valence-electron chi connectivity index (χ0n) is 6.37. The van der Waals surface area contributed by atoms with E-state index in [1.165, 1.54) is 6.29 Å². The minimum Gasteiger partial charge on any atom is -0.354 e. The molecule has 0 aromatic carbocycles. The fraction of sp³-hybridized carbons (Fsp3) is 0.667. The molecule has 1 aliphatic heterocycles. The molecule has 0 aliphatic carbocycles. The molecule has 10 heavy (non-hydrogen) atoms. The number of nitrogens with zero attached hydrogens (tertiary/aromatic N) is 2. The average Bonchev–Trinajstić information content (AvgIpc) is 2.37. The maximum atomic E-state index is 2.33. The molecule has 0 aromatic heterocycles. The second-order valence-corrected chi connectivity index (χ2v) is 4.00. The second-order valence-electron chi connectivity index (χ2n) is 2.14. The van der Waals surface area contributed by atoms with E-state index in [1.54, 1.807) is 11.9 Å². The highest BCUT2D eigenvalue weighted by Crippen LogP contribution is 2.17. The Balaban J connectivity index is 2.24. The van der Waals surface area contributed by atoms with Crippen molar-refractivity contribution in [2.24, 2.45) is 0 Å². The lowest BCUT2D eigenvalue weighted by Crippen LogP contribution is -2.19. The van der Waals surface area contributed by atoms with E-state index in [9.17, 15) is 0 Å². The van der Waals surface area contributed by atoms with E-state index >= 15 is 0 Å². The van der Waals surface area contributed by atoms with Crippen LogP contribution in [0.25, 0.3) is 0 Å². The lowest BCUT2D eigenvalue weighted by atomic mass is 10.9. The quantitative estimate of drug-likeness (QED) is 0.476. The van der Waals surface area contributed by atoms with Crippen LogP contribution in [0.4, 0.5) is 0 Å². The highest BCUT2D eigenvalue weighted by Gasteiger charge is 2.08. The van der Waals surface area contributed by atoms with E-state index in [0.717, 1.165) is 15.2 Å². The van der Waals surface area contributed by atoms with Gasteiger partial charge >= 0.3 is 0 Å². The normalized spacial score (nSPS) is 18.2. The van der Waals surface area contributed by atoms with Crippen molar-refractivity contribution < 1.29 is 0 Å². The Labute approximate surface area is 68.6 Å². The van der Waals surface area contributed by atoms with E-state index in [-0.39, 0.29) is 0 Å². The van der Waals surface area contributed by atoms with Crippen molar-refractivity contribution in [1.82, 2.24) is 9.21 Å². The molecule has 1 atom stereocenters. The van der Waals surface area contributed by atoms with Gasteiger partial charge in [-0.25, -0.2) is 0 Å². The topological polar surface area (TPSA) is 6.48 Å². The van der Waals surface area contributed by atoms with Gasteiger partial charge in [-0.3, -0.25) is 0 Å². The molecule has 0 saturated carbocycles. The highest BCUT2D eigenvalue weighted by atomic mass is 32.2. The third-order valence-electron chi connectivity index (χ3n) is 1.36. The van der Waals surface area contributed by atoms with Gasteiger partial charge in [0.25, 0.3) is 0 Å². The molecule has 0 amide bonds. The van der Waals surface area contributed by atoms with Crippen molar-refractivity contribution in [1.29, 1.82) is 0 Å². The van der Waals surface area contributed by atoms with Crippen LogP contribution in [0.2, 0.25) is 0 Å². The molecule has 1 unspecified atom stereocenters. The van der Waals surface area contributed by atoms with Crippen molar-refractivity contribution in [3.63, 3.8) is 0 Å². The van der Waals surface area contributed by atoms with E-state index in [0.29, 0.717) is 0 Å². The van der Waals surface area contributed by atoms with Crippen LogP contribution in [0.3, 0.4) is 0 Å². The second kappa shape index (κ2) is 4.09. The number of hydrogen-bond donors (Lipinski definition) is 0. The van der Waals surface area contributed by atoms with Gasteiger partial charge in [0.05, 0.1) is 0 Å². The summed E-state index contributed by atoms with van der Waals surface area (Å²) in [5, 5.41) is 0. The maximum Gasteiger partial charge on any atom is 0.100 e. The molecule has 1 aliphatic rings. The van der Waals surface area contributed by atoms with Gasteiger partial charge in [-0.1, -0.05) is 11.9 Å². The molecule has 1 rings (SSSR count). The van der Waals surface area contributed by atoms with E-state index in [2.05, 4.69) is 34.5 Å². The standard InChI is InChI=1S/C6H13N2PS/c1-9-6-7-3-4-8(5-7)10-2/h3-4,9H,5-6H2,1-2H3. The SMILES string of the molecule is CPCN1C=CN(SC)C1. The minimum atomic E-state index is 1.02. The Kier molecular flexibility index (Phi) is 3.36. The maximum absolute atomic E-state index is 2.33. The van der Waals surface area contributed by atoms with Gasteiger partial charge in [0, 0.05) is 24.9 Å². The van der Waals surface area contributed by atoms with Crippen molar-refractivity contribution in [3.05, 3.63) is 12.4 Å². The Hall–Kier alpha value is 0.120. The zero-order chi connectivity index (χ0) is 7.40. The fourth-order valence-electron chi connectivity index (χ4n) is 0.866. The van der Waals surface area contributed by atoms with Gasteiger partial charge in [0.1, 0.15) is 6.67 Å². The first kappa shape index (κ1) is 8.22. The van der Waals surface area contributed by atoms with Crippen molar-refractivity contribution in [2.45, 2.75) is 0 Å². The largest absolute Gasteiger partial charge is 0.354 e. The molecule has 4 heteroatoms. The zero-order valence-corrected chi connectivity index (χ0v) is 8.19. The predicted octanol–water partition coefficient (Wildman–Crippen LogP) is 1.58. The summed E-state index contributed by atoms with van der Waals surface area (Å²) in [6.07, 6.45) is 7.59. The molecule has 0 N–H and O–H groups in total. The van der Waals surface area contributed by atoms with Gasteiger partial charge in [-0.05, 0) is 6.66 Å². The Morgan fingerprint density at radius 1 is 1.60 bits per heavy atom. The van der Waals surface area contributed by atoms with E-state index < -0.39 is 0 Å². The lowest BCUT2D eigenvalue weighted by molar-refractivity contribution is 0.396. The molecule has 0 radical (unpaired) electrons. The summed E-state index contributed by atoms with van der Waals surface area (Å²) in [6.45, 7) is 3.29. The van der Waals surface area contributed by atoms with Crippen LogP contribution in [0.5, 0.6) is 0 Å². The highest BCUT2D eigenvalue weighted by molar-refractivity contribution is 7.96. The Bertz CT molecular complexity index is 129. The molecule has 2 nitrogen and oxygen atoms in total. The molecule has 0 bridgehead atoms. The molecule has 0 saturated heterocycles. The lowest BCUT2D eigenvalue weighted by Gasteiger charge is -2.17. The molecular formula is C6H13N2PS. The van der Waals surface area contributed by atoms with Crippen LogP contribution < -0.4 is 0 Å². The van der Waals surface area contributed by atoms with E-state index in [1.807, 2.05) is 0 Å². The summed E-state index contributed by atoms with van der Waals surface area (Å²) >= 11 is 1.77. The average molecular weight is 176 g/mol. The van der Waals surface area contributed by atoms with Gasteiger partial charge in [0.15, 0.2) is 0 Å².